The molecule has 2 aromatic carbocycles. The van der Waals surface area contributed by atoms with Crippen molar-refractivity contribution in [2.75, 3.05) is 0 Å². The SMILES string of the molecule is Cc1ccc(Cc2ccc3nonc3c2[N+](=O)[O-])cc1Cl. The van der Waals surface area contributed by atoms with E-state index in [4.69, 9.17) is 11.6 Å². The summed E-state index contributed by atoms with van der Waals surface area (Å²) in [6, 6.07) is 8.92. The summed E-state index contributed by atoms with van der Waals surface area (Å²) in [5, 5.41) is 19.2. The van der Waals surface area contributed by atoms with Gasteiger partial charge in [-0.05, 0) is 46.6 Å². The van der Waals surface area contributed by atoms with E-state index in [2.05, 4.69) is 14.9 Å². The molecule has 0 fully saturated rings. The summed E-state index contributed by atoms with van der Waals surface area (Å²) >= 11 is 6.09. The van der Waals surface area contributed by atoms with Gasteiger partial charge in [-0.1, -0.05) is 23.7 Å². The van der Waals surface area contributed by atoms with Crippen LogP contribution in [0.5, 0.6) is 0 Å². The van der Waals surface area contributed by atoms with Gasteiger partial charge in [-0.15, -0.1) is 0 Å². The molecule has 0 saturated heterocycles. The van der Waals surface area contributed by atoms with E-state index < -0.39 is 4.92 Å². The van der Waals surface area contributed by atoms with E-state index in [0.29, 0.717) is 22.5 Å². The number of nitrogens with zero attached hydrogens (tertiary/aromatic N) is 3. The van der Waals surface area contributed by atoms with Crippen molar-refractivity contribution in [1.82, 2.24) is 10.3 Å². The van der Waals surface area contributed by atoms with Gasteiger partial charge in [-0.2, -0.15) is 0 Å². The van der Waals surface area contributed by atoms with Gasteiger partial charge >= 0.3 is 5.69 Å². The zero-order valence-electron chi connectivity index (χ0n) is 11.0. The molecule has 0 N–H and O–H groups in total. The van der Waals surface area contributed by atoms with Crippen molar-refractivity contribution in [3.63, 3.8) is 0 Å². The average Bonchev–Trinajstić information content (AvgIpc) is 2.90. The lowest BCUT2D eigenvalue weighted by atomic mass is 10.0. The minimum atomic E-state index is -0.461. The van der Waals surface area contributed by atoms with Gasteiger partial charge in [0, 0.05) is 17.0 Å². The van der Waals surface area contributed by atoms with Gasteiger partial charge < -0.3 is 0 Å². The lowest BCUT2D eigenvalue weighted by Crippen LogP contribution is -1.98. The van der Waals surface area contributed by atoms with Crippen LogP contribution in [0.2, 0.25) is 5.02 Å². The number of rotatable bonds is 3. The van der Waals surface area contributed by atoms with Crippen LogP contribution >= 0.6 is 11.6 Å². The van der Waals surface area contributed by atoms with Crippen molar-refractivity contribution in [3.8, 4) is 0 Å². The maximum absolute atomic E-state index is 11.3. The zero-order chi connectivity index (χ0) is 15.0. The third-order valence-corrected chi connectivity index (χ3v) is 3.71. The largest absolute Gasteiger partial charge is 0.304 e. The molecule has 1 heterocycles. The minimum absolute atomic E-state index is 0.0783. The predicted octanol–water partition coefficient (Wildman–Crippen LogP) is 3.68. The zero-order valence-corrected chi connectivity index (χ0v) is 11.8. The van der Waals surface area contributed by atoms with Crippen LogP contribution in [0.3, 0.4) is 0 Å². The molecule has 0 saturated carbocycles. The highest BCUT2D eigenvalue weighted by atomic mass is 35.5. The van der Waals surface area contributed by atoms with Crippen LogP contribution in [0.25, 0.3) is 11.0 Å². The van der Waals surface area contributed by atoms with Crippen LogP contribution in [0, 0.1) is 17.0 Å². The molecule has 0 amide bonds. The van der Waals surface area contributed by atoms with Crippen LogP contribution in [0.1, 0.15) is 16.7 Å². The first kappa shape index (κ1) is 13.5. The Morgan fingerprint density at radius 3 is 2.81 bits per heavy atom. The fraction of sp³-hybridized carbons (Fsp3) is 0.143. The van der Waals surface area contributed by atoms with Crippen LogP contribution in [0.15, 0.2) is 35.0 Å². The van der Waals surface area contributed by atoms with Crippen LogP contribution in [-0.4, -0.2) is 15.2 Å². The minimum Gasteiger partial charge on any atom is -0.258 e. The smallest absolute Gasteiger partial charge is 0.258 e. The Morgan fingerprint density at radius 2 is 2.10 bits per heavy atom. The van der Waals surface area contributed by atoms with E-state index in [1.165, 1.54) is 0 Å². The Balaban J connectivity index is 2.09. The van der Waals surface area contributed by atoms with Gasteiger partial charge in [0.1, 0.15) is 5.52 Å². The number of hydrogen-bond donors (Lipinski definition) is 0. The van der Waals surface area contributed by atoms with Gasteiger partial charge in [0.15, 0.2) is 0 Å². The van der Waals surface area contributed by atoms with E-state index >= 15 is 0 Å². The summed E-state index contributed by atoms with van der Waals surface area (Å²) < 4.78 is 4.57. The molecule has 0 aliphatic rings. The second-order valence-electron chi connectivity index (χ2n) is 4.72. The summed E-state index contributed by atoms with van der Waals surface area (Å²) in [5.74, 6) is 0. The van der Waals surface area contributed by atoms with Crippen molar-refractivity contribution in [1.29, 1.82) is 0 Å². The lowest BCUT2D eigenvalue weighted by Gasteiger charge is -2.05. The molecule has 7 heteroatoms. The molecule has 0 radical (unpaired) electrons. The lowest BCUT2D eigenvalue weighted by molar-refractivity contribution is -0.383. The third-order valence-electron chi connectivity index (χ3n) is 3.30. The second-order valence-corrected chi connectivity index (χ2v) is 5.13. The molecule has 1 aromatic heterocycles. The van der Waals surface area contributed by atoms with Crippen LogP contribution < -0.4 is 0 Å². The van der Waals surface area contributed by atoms with Crippen molar-refractivity contribution >= 4 is 28.3 Å². The number of nitro groups is 1. The normalized spacial score (nSPS) is 11.0. The molecule has 21 heavy (non-hydrogen) atoms. The first-order valence-electron chi connectivity index (χ1n) is 6.20. The molecule has 3 aromatic rings. The molecule has 0 unspecified atom stereocenters. The summed E-state index contributed by atoms with van der Waals surface area (Å²) in [6.45, 7) is 1.90. The van der Waals surface area contributed by atoms with Gasteiger partial charge in [0.2, 0.25) is 5.52 Å². The number of aryl methyl sites for hydroxylation is 1. The van der Waals surface area contributed by atoms with E-state index in [0.717, 1.165) is 11.1 Å². The number of nitro benzene ring substituents is 1. The molecule has 3 rings (SSSR count). The predicted molar refractivity (Wildman–Crippen MR) is 77.5 cm³/mol. The second kappa shape index (κ2) is 5.14. The maximum atomic E-state index is 11.3. The van der Waals surface area contributed by atoms with E-state index in [1.54, 1.807) is 12.1 Å². The third kappa shape index (κ3) is 2.45. The first-order valence-corrected chi connectivity index (χ1v) is 6.57. The Kier molecular flexibility index (Phi) is 3.31. The van der Waals surface area contributed by atoms with Crippen molar-refractivity contribution < 1.29 is 9.55 Å². The Morgan fingerprint density at radius 1 is 1.29 bits per heavy atom. The van der Waals surface area contributed by atoms with Gasteiger partial charge in [-0.3, -0.25) is 10.1 Å². The van der Waals surface area contributed by atoms with Gasteiger partial charge in [0.25, 0.3) is 0 Å². The van der Waals surface area contributed by atoms with Crippen LogP contribution in [-0.2, 0) is 6.42 Å². The van der Waals surface area contributed by atoms with Gasteiger partial charge in [0.05, 0.1) is 4.92 Å². The molecule has 0 bridgehead atoms. The average molecular weight is 304 g/mol. The fourth-order valence-electron chi connectivity index (χ4n) is 2.19. The molecule has 6 nitrogen and oxygen atoms in total. The number of aromatic nitrogens is 2. The number of halogens is 1. The quantitative estimate of drug-likeness (QED) is 0.544. The molecule has 106 valence electrons. The van der Waals surface area contributed by atoms with Crippen molar-refractivity contribution in [3.05, 3.63) is 62.2 Å². The van der Waals surface area contributed by atoms with Crippen LogP contribution in [0.4, 0.5) is 5.69 Å². The summed E-state index contributed by atoms with van der Waals surface area (Å²) in [6.07, 6.45) is 0.388. The summed E-state index contributed by atoms with van der Waals surface area (Å²) in [4.78, 5) is 10.9. The van der Waals surface area contributed by atoms with E-state index in [1.807, 2.05) is 25.1 Å². The molecular weight excluding hydrogens is 294 g/mol. The molecular formula is C14H10ClN3O3. The number of hydrogen-bond acceptors (Lipinski definition) is 5. The number of benzene rings is 2. The highest BCUT2D eigenvalue weighted by molar-refractivity contribution is 6.31. The van der Waals surface area contributed by atoms with Crippen molar-refractivity contribution in [2.45, 2.75) is 13.3 Å². The molecule has 0 atom stereocenters. The molecule has 0 spiro atoms. The standard InChI is InChI=1S/C14H10ClN3O3/c1-8-2-3-9(7-11(8)15)6-10-4-5-12-13(17-21-16-12)14(10)18(19)20/h2-5,7H,6H2,1H3. The topological polar surface area (TPSA) is 82.1 Å². The Labute approximate surface area is 124 Å². The fourth-order valence-corrected chi connectivity index (χ4v) is 2.40. The van der Waals surface area contributed by atoms with Crippen molar-refractivity contribution in [2.24, 2.45) is 0 Å². The van der Waals surface area contributed by atoms with E-state index in [-0.39, 0.29) is 11.2 Å². The number of fused-ring (bicyclic) bond motifs is 1. The van der Waals surface area contributed by atoms with Gasteiger partial charge in [-0.25, -0.2) is 4.63 Å². The molecule has 0 aliphatic carbocycles. The Hall–Kier alpha value is -2.47. The Bertz CT molecular complexity index is 845. The maximum Gasteiger partial charge on any atom is 0.304 e. The summed E-state index contributed by atoms with van der Waals surface area (Å²) in [5.41, 5.74) is 2.85. The highest BCUT2D eigenvalue weighted by Gasteiger charge is 2.22. The van der Waals surface area contributed by atoms with E-state index in [9.17, 15) is 10.1 Å². The summed E-state index contributed by atoms with van der Waals surface area (Å²) in [7, 11) is 0. The first-order chi connectivity index (χ1) is 10.1. The molecule has 0 aliphatic heterocycles. The monoisotopic (exact) mass is 303 g/mol. The highest BCUT2D eigenvalue weighted by Crippen LogP contribution is 2.29.